The molecule has 1 amide bonds. The number of ether oxygens (including phenoxy) is 2. The quantitative estimate of drug-likeness (QED) is 0.584. The Labute approximate surface area is 153 Å². The Morgan fingerprint density at radius 1 is 1.12 bits per heavy atom. The summed E-state index contributed by atoms with van der Waals surface area (Å²) >= 11 is 0. The van der Waals surface area contributed by atoms with Gasteiger partial charge in [-0.15, -0.1) is 0 Å². The van der Waals surface area contributed by atoms with Gasteiger partial charge in [0.2, 0.25) is 0 Å². The highest BCUT2D eigenvalue weighted by molar-refractivity contribution is 5.92. The van der Waals surface area contributed by atoms with Crippen LogP contribution in [0.15, 0.2) is 42.5 Å². The van der Waals surface area contributed by atoms with Crippen LogP contribution >= 0.6 is 0 Å². The second-order valence-electron chi connectivity index (χ2n) is 6.09. The summed E-state index contributed by atoms with van der Waals surface area (Å²) in [5.41, 5.74) is 8.39. The highest BCUT2D eigenvalue weighted by Crippen LogP contribution is 2.23. The number of carbonyl (C=O) groups excluding carboxylic acids is 2. The molecule has 6 heteroatoms. The second kappa shape index (κ2) is 8.89. The van der Waals surface area contributed by atoms with E-state index in [4.69, 9.17) is 15.2 Å². The summed E-state index contributed by atoms with van der Waals surface area (Å²) < 4.78 is 10.4. The number of hydrogen-bond acceptors (Lipinski definition) is 5. The molecule has 0 saturated heterocycles. The third-order valence-electron chi connectivity index (χ3n) is 3.74. The maximum absolute atomic E-state index is 12.1. The van der Waals surface area contributed by atoms with Crippen LogP contribution in [-0.2, 0) is 9.53 Å². The maximum atomic E-state index is 12.1. The number of nitrogens with two attached hydrogens (primary N) is 1. The van der Waals surface area contributed by atoms with E-state index in [0.29, 0.717) is 22.9 Å². The third-order valence-corrected chi connectivity index (χ3v) is 3.74. The van der Waals surface area contributed by atoms with Crippen LogP contribution in [0.1, 0.15) is 42.6 Å². The van der Waals surface area contributed by atoms with Gasteiger partial charge in [-0.3, -0.25) is 4.79 Å². The second-order valence-corrected chi connectivity index (χ2v) is 6.09. The summed E-state index contributed by atoms with van der Waals surface area (Å²) in [6.45, 7) is 6.00. The number of rotatable bonds is 7. The number of benzene rings is 2. The van der Waals surface area contributed by atoms with Crippen molar-refractivity contribution in [2.75, 3.05) is 24.3 Å². The molecule has 0 aromatic heterocycles. The highest BCUT2D eigenvalue weighted by atomic mass is 16.5. The number of nitrogen functional groups attached to an aromatic ring is 1. The Balaban J connectivity index is 1.96. The molecule has 0 fully saturated rings. The Morgan fingerprint density at radius 3 is 2.42 bits per heavy atom. The fraction of sp³-hybridized carbons (Fsp3) is 0.300. The van der Waals surface area contributed by atoms with E-state index in [1.54, 1.807) is 19.1 Å². The molecule has 0 saturated carbocycles. The summed E-state index contributed by atoms with van der Waals surface area (Å²) in [5.74, 6) is -0.0890. The number of esters is 1. The van der Waals surface area contributed by atoms with Gasteiger partial charge in [0.1, 0.15) is 5.75 Å². The largest absolute Gasteiger partial charge is 0.482 e. The highest BCUT2D eigenvalue weighted by Gasteiger charge is 2.12. The van der Waals surface area contributed by atoms with Crippen LogP contribution in [0, 0.1) is 0 Å². The normalized spacial score (nSPS) is 10.5. The van der Waals surface area contributed by atoms with Crippen LogP contribution in [0.5, 0.6) is 5.75 Å². The minimum absolute atomic E-state index is 0.220. The Hall–Kier alpha value is -3.02. The van der Waals surface area contributed by atoms with Crippen molar-refractivity contribution in [1.82, 2.24) is 0 Å². The first-order valence-electron chi connectivity index (χ1n) is 8.50. The molecule has 3 N–H and O–H groups in total. The van der Waals surface area contributed by atoms with E-state index in [9.17, 15) is 9.59 Å². The van der Waals surface area contributed by atoms with Gasteiger partial charge in [0.05, 0.1) is 17.9 Å². The zero-order valence-electron chi connectivity index (χ0n) is 15.2. The van der Waals surface area contributed by atoms with Gasteiger partial charge in [-0.25, -0.2) is 4.79 Å². The predicted molar refractivity (Wildman–Crippen MR) is 101 cm³/mol. The van der Waals surface area contributed by atoms with Crippen molar-refractivity contribution in [3.05, 3.63) is 53.6 Å². The maximum Gasteiger partial charge on any atom is 0.338 e. The van der Waals surface area contributed by atoms with Crippen molar-refractivity contribution in [1.29, 1.82) is 0 Å². The smallest absolute Gasteiger partial charge is 0.338 e. The molecular weight excluding hydrogens is 332 g/mol. The number of anilines is 2. The first-order valence-corrected chi connectivity index (χ1v) is 8.50. The van der Waals surface area contributed by atoms with Crippen LogP contribution in [0.4, 0.5) is 11.4 Å². The number of nitrogens with one attached hydrogen (secondary N) is 1. The summed E-state index contributed by atoms with van der Waals surface area (Å²) in [4.78, 5) is 23.8. The van der Waals surface area contributed by atoms with Crippen molar-refractivity contribution < 1.29 is 19.1 Å². The minimum Gasteiger partial charge on any atom is -0.482 e. The molecule has 0 bridgehead atoms. The summed E-state index contributed by atoms with van der Waals surface area (Å²) in [6, 6.07) is 12.2. The fourth-order valence-electron chi connectivity index (χ4n) is 2.29. The average Bonchev–Trinajstić information content (AvgIpc) is 2.61. The van der Waals surface area contributed by atoms with Gasteiger partial charge in [-0.05, 0) is 48.7 Å². The molecule has 0 atom stereocenters. The van der Waals surface area contributed by atoms with Crippen LogP contribution < -0.4 is 15.8 Å². The molecule has 26 heavy (non-hydrogen) atoms. The molecule has 2 rings (SSSR count). The van der Waals surface area contributed by atoms with E-state index in [2.05, 4.69) is 19.2 Å². The van der Waals surface area contributed by atoms with Gasteiger partial charge in [0.25, 0.3) is 5.91 Å². The van der Waals surface area contributed by atoms with Crippen LogP contribution in [0.3, 0.4) is 0 Å². The van der Waals surface area contributed by atoms with E-state index in [1.807, 2.05) is 24.3 Å². The van der Waals surface area contributed by atoms with Crippen LogP contribution in [0.25, 0.3) is 0 Å². The van der Waals surface area contributed by atoms with Gasteiger partial charge in [0.15, 0.2) is 6.61 Å². The Kier molecular flexibility index (Phi) is 6.60. The lowest BCUT2D eigenvalue weighted by Gasteiger charge is -2.11. The molecule has 138 valence electrons. The van der Waals surface area contributed by atoms with E-state index < -0.39 is 5.97 Å². The van der Waals surface area contributed by atoms with Crippen molar-refractivity contribution in [2.24, 2.45) is 0 Å². The molecule has 0 aliphatic rings. The topological polar surface area (TPSA) is 90.7 Å². The van der Waals surface area contributed by atoms with Crippen LogP contribution in [-0.4, -0.2) is 25.1 Å². The minimum atomic E-state index is -0.466. The summed E-state index contributed by atoms with van der Waals surface area (Å²) in [5, 5.41) is 2.76. The van der Waals surface area contributed by atoms with E-state index >= 15 is 0 Å². The molecule has 2 aromatic carbocycles. The summed E-state index contributed by atoms with van der Waals surface area (Å²) in [6.07, 6.45) is 0. The van der Waals surface area contributed by atoms with E-state index in [-0.39, 0.29) is 24.9 Å². The monoisotopic (exact) mass is 356 g/mol. The van der Waals surface area contributed by atoms with Gasteiger partial charge in [0, 0.05) is 5.69 Å². The van der Waals surface area contributed by atoms with Gasteiger partial charge in [-0.1, -0.05) is 26.0 Å². The van der Waals surface area contributed by atoms with Gasteiger partial charge < -0.3 is 20.5 Å². The molecule has 0 heterocycles. The van der Waals surface area contributed by atoms with Crippen LogP contribution in [0.2, 0.25) is 0 Å². The number of hydrogen-bond donors (Lipinski definition) is 2. The molecule has 2 aromatic rings. The zero-order chi connectivity index (χ0) is 19.1. The average molecular weight is 356 g/mol. The van der Waals surface area contributed by atoms with Gasteiger partial charge >= 0.3 is 5.97 Å². The van der Waals surface area contributed by atoms with E-state index in [0.717, 1.165) is 0 Å². The third kappa shape index (κ3) is 5.24. The Morgan fingerprint density at radius 2 is 1.81 bits per heavy atom. The predicted octanol–water partition coefficient (Wildman–Crippen LogP) is 3.59. The lowest BCUT2D eigenvalue weighted by atomic mass is 10.0. The molecule has 6 nitrogen and oxygen atoms in total. The lowest BCUT2D eigenvalue weighted by molar-refractivity contribution is -0.118. The lowest BCUT2D eigenvalue weighted by Crippen LogP contribution is -2.20. The zero-order valence-corrected chi connectivity index (χ0v) is 15.2. The molecule has 0 radical (unpaired) electrons. The van der Waals surface area contributed by atoms with Crippen molar-refractivity contribution in [2.45, 2.75) is 26.7 Å². The molecule has 0 aliphatic heterocycles. The van der Waals surface area contributed by atoms with Crippen molar-refractivity contribution >= 4 is 23.3 Å². The fourth-order valence-corrected chi connectivity index (χ4v) is 2.29. The van der Waals surface area contributed by atoms with Crippen molar-refractivity contribution in [3.63, 3.8) is 0 Å². The molecule has 0 spiro atoms. The van der Waals surface area contributed by atoms with Gasteiger partial charge in [-0.2, -0.15) is 0 Å². The van der Waals surface area contributed by atoms with Crippen molar-refractivity contribution in [3.8, 4) is 5.75 Å². The van der Waals surface area contributed by atoms with E-state index in [1.165, 1.54) is 11.6 Å². The number of amides is 1. The molecule has 0 unspecified atom stereocenters. The standard InChI is InChI=1S/C20H24N2O4/c1-4-25-20(24)15-7-10-17(21)18(11-15)26-12-19(23)22-16-8-5-14(6-9-16)13(2)3/h5-11,13H,4,12,21H2,1-3H3,(H,22,23). The molecular formula is C20H24N2O4. The first-order chi connectivity index (χ1) is 12.4. The molecule has 0 aliphatic carbocycles. The Bertz CT molecular complexity index is 770. The summed E-state index contributed by atoms with van der Waals surface area (Å²) in [7, 11) is 0. The number of carbonyl (C=O) groups is 2. The first kappa shape index (κ1) is 19.3. The SMILES string of the molecule is CCOC(=O)c1ccc(N)c(OCC(=O)Nc2ccc(C(C)C)cc2)c1.